The van der Waals surface area contributed by atoms with E-state index in [-0.39, 0.29) is 17.7 Å². The number of hydrogen-bond acceptors (Lipinski definition) is 4. The summed E-state index contributed by atoms with van der Waals surface area (Å²) in [6, 6.07) is 0. The van der Waals surface area contributed by atoms with Gasteiger partial charge in [0, 0.05) is 38.4 Å². The number of nitrogens with zero attached hydrogens (tertiary/aromatic N) is 4. The maximum atomic E-state index is 13.0. The van der Waals surface area contributed by atoms with Crippen LogP contribution in [0.25, 0.3) is 0 Å². The van der Waals surface area contributed by atoms with Crippen molar-refractivity contribution < 1.29 is 9.59 Å². The average Bonchev–Trinajstić information content (AvgIpc) is 2.65. The summed E-state index contributed by atoms with van der Waals surface area (Å²) in [4.78, 5) is 28.4. The number of nitrogens with two attached hydrogens (primary N) is 1. The monoisotopic (exact) mass is 321 g/mol. The Hall–Kier alpha value is -1.89. The molecule has 1 aliphatic heterocycles. The van der Waals surface area contributed by atoms with E-state index in [2.05, 4.69) is 12.0 Å². The van der Waals surface area contributed by atoms with Gasteiger partial charge in [0.1, 0.15) is 0 Å². The van der Waals surface area contributed by atoms with E-state index in [1.54, 1.807) is 4.90 Å². The maximum absolute atomic E-state index is 13.0. The summed E-state index contributed by atoms with van der Waals surface area (Å²) in [7, 11) is 1.94. The van der Waals surface area contributed by atoms with Crippen LogP contribution in [0, 0.1) is 19.8 Å². The Balaban J connectivity index is 2.27. The summed E-state index contributed by atoms with van der Waals surface area (Å²) < 4.78 is 1.89. The van der Waals surface area contributed by atoms with Crippen LogP contribution in [-0.4, -0.2) is 64.6 Å². The topological polar surface area (TPSA) is 84.5 Å². The highest BCUT2D eigenvalue weighted by atomic mass is 16.2. The molecule has 2 N–H and O–H groups in total. The molecule has 1 aromatic rings. The first kappa shape index (κ1) is 17.5. The second kappa shape index (κ2) is 7.12. The quantitative estimate of drug-likeness (QED) is 0.870. The largest absolute Gasteiger partial charge is 0.369 e. The van der Waals surface area contributed by atoms with Crippen LogP contribution >= 0.6 is 0 Å². The number of aromatic nitrogens is 2. The summed E-state index contributed by atoms with van der Waals surface area (Å²) >= 11 is 0. The van der Waals surface area contributed by atoms with E-state index in [1.807, 2.05) is 30.5 Å². The third-order valence-corrected chi connectivity index (χ3v) is 4.44. The predicted octanol–water partition coefficient (Wildman–Crippen LogP) is 0.399. The molecule has 0 radical (unpaired) electrons. The van der Waals surface area contributed by atoms with Gasteiger partial charge in [-0.15, -0.1) is 0 Å². The second-order valence-corrected chi connectivity index (χ2v) is 6.38. The molecule has 0 aromatic carbocycles. The Kier molecular flexibility index (Phi) is 5.41. The van der Waals surface area contributed by atoms with Gasteiger partial charge in [-0.2, -0.15) is 5.10 Å². The van der Waals surface area contributed by atoms with E-state index in [9.17, 15) is 9.59 Å². The zero-order valence-electron chi connectivity index (χ0n) is 14.5. The minimum absolute atomic E-state index is 0.0519. The molecule has 1 atom stereocenters. The van der Waals surface area contributed by atoms with E-state index in [0.29, 0.717) is 25.2 Å². The third kappa shape index (κ3) is 3.72. The molecule has 2 rings (SSSR count). The van der Waals surface area contributed by atoms with Gasteiger partial charge in [0.05, 0.1) is 17.2 Å². The number of hydrogen-bond donors (Lipinski definition) is 1. The fraction of sp³-hybridized carbons (Fsp3) is 0.688. The first-order chi connectivity index (χ1) is 10.8. The highest BCUT2D eigenvalue weighted by molar-refractivity contribution is 5.96. The van der Waals surface area contributed by atoms with Gasteiger partial charge in [0.25, 0.3) is 5.91 Å². The number of aryl methyl sites for hydroxylation is 2. The van der Waals surface area contributed by atoms with E-state index in [4.69, 9.17) is 5.73 Å². The van der Waals surface area contributed by atoms with Gasteiger partial charge in [0.15, 0.2) is 0 Å². The van der Waals surface area contributed by atoms with Crippen molar-refractivity contribution in [3.05, 3.63) is 17.0 Å². The summed E-state index contributed by atoms with van der Waals surface area (Å²) in [5.41, 5.74) is 7.78. The van der Waals surface area contributed by atoms with Crippen molar-refractivity contribution in [2.45, 2.75) is 33.7 Å². The third-order valence-electron chi connectivity index (χ3n) is 4.44. The van der Waals surface area contributed by atoms with Crippen LogP contribution < -0.4 is 5.73 Å². The maximum Gasteiger partial charge on any atom is 0.257 e. The molecule has 2 amide bonds. The van der Waals surface area contributed by atoms with Gasteiger partial charge in [-0.3, -0.25) is 14.3 Å². The molecule has 1 fully saturated rings. The Morgan fingerprint density at radius 1 is 1.26 bits per heavy atom. The molecule has 0 bridgehead atoms. The number of likely N-dealkylation sites (N-methyl/N-ethyl adjacent to an activating group) is 1. The van der Waals surface area contributed by atoms with Gasteiger partial charge in [-0.1, -0.05) is 6.92 Å². The number of primary amides is 1. The van der Waals surface area contributed by atoms with Crippen molar-refractivity contribution in [1.82, 2.24) is 19.6 Å². The number of rotatable bonds is 4. The van der Waals surface area contributed by atoms with Crippen LogP contribution in [0.2, 0.25) is 0 Å². The lowest BCUT2D eigenvalue weighted by atomic mass is 10.1. The second-order valence-electron chi connectivity index (χ2n) is 6.38. The van der Waals surface area contributed by atoms with Crippen molar-refractivity contribution in [2.24, 2.45) is 11.7 Å². The highest BCUT2D eigenvalue weighted by Crippen LogP contribution is 2.18. The molecule has 2 heterocycles. The van der Waals surface area contributed by atoms with Crippen LogP contribution in [0.3, 0.4) is 0 Å². The first-order valence-electron chi connectivity index (χ1n) is 8.16. The molecular weight excluding hydrogens is 294 g/mol. The molecule has 0 spiro atoms. The van der Waals surface area contributed by atoms with Crippen LogP contribution in [0.15, 0.2) is 0 Å². The number of amides is 2. The van der Waals surface area contributed by atoms with Crippen molar-refractivity contribution in [3.8, 4) is 0 Å². The molecule has 1 aliphatic rings. The van der Waals surface area contributed by atoms with Gasteiger partial charge in [0.2, 0.25) is 5.91 Å². The van der Waals surface area contributed by atoms with Gasteiger partial charge in [-0.25, -0.2) is 0 Å². The van der Waals surface area contributed by atoms with Crippen molar-refractivity contribution in [2.75, 3.05) is 33.2 Å². The predicted molar refractivity (Wildman–Crippen MR) is 88.1 cm³/mol. The molecule has 23 heavy (non-hydrogen) atoms. The van der Waals surface area contributed by atoms with E-state index in [1.165, 1.54) is 0 Å². The van der Waals surface area contributed by atoms with Crippen molar-refractivity contribution in [3.63, 3.8) is 0 Å². The van der Waals surface area contributed by atoms with Crippen LogP contribution in [0.5, 0.6) is 0 Å². The summed E-state index contributed by atoms with van der Waals surface area (Å²) in [6.07, 6.45) is 0.966. The van der Waals surface area contributed by atoms with Gasteiger partial charge in [-0.05, 0) is 27.3 Å². The average molecular weight is 321 g/mol. The summed E-state index contributed by atoms with van der Waals surface area (Å²) in [5, 5.41) is 4.48. The fourth-order valence-corrected chi connectivity index (χ4v) is 3.13. The molecule has 0 unspecified atom stereocenters. The van der Waals surface area contributed by atoms with E-state index < -0.39 is 0 Å². The molecular formula is C16H27N5O2. The standard InChI is InChI=1S/C16H27N5O2/c1-5-6-21-12(3)14(11(2)18-21)16(23)20-8-7-19(4)9-13(10-20)15(17)22/h13H,5-10H2,1-4H3,(H2,17,22)/t13-/m0/s1. The molecule has 0 saturated carbocycles. The zero-order valence-corrected chi connectivity index (χ0v) is 14.5. The van der Waals surface area contributed by atoms with Gasteiger partial charge >= 0.3 is 0 Å². The first-order valence-corrected chi connectivity index (χ1v) is 8.16. The Labute approximate surface area is 137 Å². The molecule has 7 heteroatoms. The molecule has 7 nitrogen and oxygen atoms in total. The minimum Gasteiger partial charge on any atom is -0.369 e. The molecule has 128 valence electrons. The van der Waals surface area contributed by atoms with Crippen molar-refractivity contribution in [1.29, 1.82) is 0 Å². The van der Waals surface area contributed by atoms with Gasteiger partial charge < -0.3 is 15.5 Å². The van der Waals surface area contributed by atoms with Crippen LogP contribution in [-0.2, 0) is 11.3 Å². The van der Waals surface area contributed by atoms with Crippen LogP contribution in [0.4, 0.5) is 0 Å². The lowest BCUT2D eigenvalue weighted by Gasteiger charge is -2.22. The SMILES string of the molecule is CCCn1nc(C)c(C(=O)N2CCN(C)C[C@H](C(N)=O)C2)c1C. The Morgan fingerprint density at radius 3 is 2.57 bits per heavy atom. The summed E-state index contributed by atoms with van der Waals surface area (Å²) in [5.74, 6) is -0.742. The fourth-order valence-electron chi connectivity index (χ4n) is 3.13. The lowest BCUT2D eigenvalue weighted by Crippen LogP contribution is -2.40. The van der Waals surface area contributed by atoms with E-state index >= 15 is 0 Å². The Bertz CT molecular complexity index is 596. The number of carbonyl (C=O) groups excluding carboxylic acids is 2. The molecule has 1 aromatic heterocycles. The van der Waals surface area contributed by atoms with E-state index in [0.717, 1.165) is 30.9 Å². The Morgan fingerprint density at radius 2 is 1.96 bits per heavy atom. The highest BCUT2D eigenvalue weighted by Gasteiger charge is 2.30. The normalized spacial score (nSPS) is 19.7. The zero-order chi connectivity index (χ0) is 17.1. The van der Waals surface area contributed by atoms with Crippen molar-refractivity contribution >= 4 is 11.8 Å². The minimum atomic E-state index is -0.355. The smallest absolute Gasteiger partial charge is 0.257 e. The molecule has 0 aliphatic carbocycles. The lowest BCUT2D eigenvalue weighted by molar-refractivity contribution is -0.122. The molecule has 1 saturated heterocycles. The number of carbonyl (C=O) groups is 2. The van der Waals surface area contributed by atoms with Crippen LogP contribution in [0.1, 0.15) is 35.1 Å². The summed E-state index contributed by atoms with van der Waals surface area (Å²) in [6.45, 7) is 8.96.